The average molecular weight is 354 g/mol. The van der Waals surface area contributed by atoms with Gasteiger partial charge in [-0.1, -0.05) is 51.7 Å². The van der Waals surface area contributed by atoms with Crippen molar-refractivity contribution in [1.29, 1.82) is 0 Å². The van der Waals surface area contributed by atoms with E-state index < -0.39 is 5.97 Å². The van der Waals surface area contributed by atoms with Crippen molar-refractivity contribution in [2.75, 3.05) is 7.11 Å². The van der Waals surface area contributed by atoms with Crippen LogP contribution in [0.5, 0.6) is 0 Å². The highest BCUT2D eigenvalue weighted by atomic mass is 16.5. The fourth-order valence-electron chi connectivity index (χ4n) is 2.50. The molecule has 0 rings (SSSR count). The molecule has 144 valence electrons. The Morgan fingerprint density at radius 3 is 2.20 bits per heavy atom. The summed E-state index contributed by atoms with van der Waals surface area (Å²) in [6, 6.07) is 0. The van der Waals surface area contributed by atoms with Gasteiger partial charge in [0.05, 0.1) is 7.11 Å². The van der Waals surface area contributed by atoms with Crippen molar-refractivity contribution in [3.63, 3.8) is 0 Å². The van der Waals surface area contributed by atoms with Gasteiger partial charge in [-0.2, -0.15) is 0 Å². The fourth-order valence-corrected chi connectivity index (χ4v) is 2.50. The summed E-state index contributed by atoms with van der Waals surface area (Å²) in [5.74, 6) is -0.667. The van der Waals surface area contributed by atoms with E-state index in [2.05, 4.69) is 18.2 Å². The van der Waals surface area contributed by atoms with Crippen molar-refractivity contribution >= 4 is 17.7 Å². The molecule has 0 aromatic heterocycles. The number of ketones is 1. The molecular weight excluding hydrogens is 320 g/mol. The summed E-state index contributed by atoms with van der Waals surface area (Å²) >= 11 is 0. The number of hydrogen-bond donors (Lipinski definition) is 0. The van der Waals surface area contributed by atoms with E-state index in [1.807, 2.05) is 0 Å². The van der Waals surface area contributed by atoms with Crippen molar-refractivity contribution < 1.29 is 23.9 Å². The molecular formula is C20H34O5. The molecule has 0 spiro atoms. The lowest BCUT2D eigenvalue weighted by molar-refractivity contribution is -0.149. The Balaban J connectivity index is 3.76. The summed E-state index contributed by atoms with van der Waals surface area (Å²) in [6.07, 6.45) is 10.5. The van der Waals surface area contributed by atoms with Gasteiger partial charge in [0.2, 0.25) is 0 Å². The predicted octanol–water partition coefficient (Wildman–Crippen LogP) is 4.53. The standard InChI is InChI=1S/C20H34O5/c1-4-6-10-13-17(21)16-20(23)25-18(5-2)14-11-8-7-9-12-15-19(22)24-3/h5,18H,2,4,6-16H2,1,3H3. The van der Waals surface area contributed by atoms with Gasteiger partial charge in [0.25, 0.3) is 0 Å². The zero-order chi connectivity index (χ0) is 18.9. The predicted molar refractivity (Wildman–Crippen MR) is 98.2 cm³/mol. The third-order valence-corrected chi connectivity index (χ3v) is 4.04. The monoisotopic (exact) mass is 354 g/mol. The van der Waals surface area contributed by atoms with Crippen LogP contribution in [0.1, 0.15) is 84.0 Å². The Hall–Kier alpha value is -1.65. The molecule has 0 saturated carbocycles. The highest BCUT2D eigenvalue weighted by molar-refractivity contribution is 5.95. The van der Waals surface area contributed by atoms with E-state index in [1.165, 1.54) is 7.11 Å². The quantitative estimate of drug-likeness (QED) is 0.176. The van der Waals surface area contributed by atoms with Gasteiger partial charge in [-0.15, -0.1) is 0 Å². The highest BCUT2D eigenvalue weighted by Crippen LogP contribution is 2.12. The number of ether oxygens (including phenoxy) is 2. The van der Waals surface area contributed by atoms with Crippen molar-refractivity contribution in [3.05, 3.63) is 12.7 Å². The molecule has 25 heavy (non-hydrogen) atoms. The zero-order valence-electron chi connectivity index (χ0n) is 15.9. The second-order valence-electron chi connectivity index (χ2n) is 6.32. The lowest BCUT2D eigenvalue weighted by atomic mass is 10.1. The maximum absolute atomic E-state index is 11.8. The van der Waals surface area contributed by atoms with Crippen molar-refractivity contribution in [3.8, 4) is 0 Å². The second kappa shape index (κ2) is 15.9. The molecule has 0 aromatic carbocycles. The Labute approximate surface area is 152 Å². The lowest BCUT2D eigenvalue weighted by Gasteiger charge is -2.13. The van der Waals surface area contributed by atoms with E-state index in [4.69, 9.17) is 4.74 Å². The Kier molecular flexibility index (Phi) is 14.8. The molecule has 0 aliphatic rings. The van der Waals surface area contributed by atoms with E-state index in [0.29, 0.717) is 12.8 Å². The number of hydrogen-bond acceptors (Lipinski definition) is 5. The van der Waals surface area contributed by atoms with Gasteiger partial charge in [-0.05, 0) is 25.7 Å². The minimum Gasteiger partial charge on any atom is -0.469 e. The molecule has 0 bridgehead atoms. The maximum Gasteiger partial charge on any atom is 0.313 e. The van der Waals surface area contributed by atoms with Crippen molar-refractivity contribution in [2.45, 2.75) is 90.1 Å². The Bertz CT molecular complexity index is 403. The molecule has 0 fully saturated rings. The number of unbranched alkanes of at least 4 members (excludes halogenated alkanes) is 6. The van der Waals surface area contributed by atoms with Crippen LogP contribution in [0, 0.1) is 0 Å². The lowest BCUT2D eigenvalue weighted by Crippen LogP contribution is -2.18. The number of esters is 2. The van der Waals surface area contributed by atoms with Gasteiger partial charge in [0.15, 0.2) is 0 Å². The minimum atomic E-state index is -0.454. The average Bonchev–Trinajstić information content (AvgIpc) is 2.59. The van der Waals surface area contributed by atoms with Crippen LogP contribution in [-0.2, 0) is 23.9 Å². The molecule has 0 radical (unpaired) electrons. The summed E-state index contributed by atoms with van der Waals surface area (Å²) < 4.78 is 9.90. The number of carbonyl (C=O) groups excluding carboxylic acids is 3. The first kappa shape index (κ1) is 23.4. The number of Topliss-reactive ketones (excluding diaryl/α,β-unsaturated/α-hetero) is 1. The van der Waals surface area contributed by atoms with Gasteiger partial charge in [0.1, 0.15) is 18.3 Å². The van der Waals surface area contributed by atoms with Gasteiger partial charge in [-0.25, -0.2) is 0 Å². The Morgan fingerprint density at radius 2 is 1.56 bits per heavy atom. The molecule has 0 saturated heterocycles. The SMILES string of the molecule is C=CC(CCCCCCCC(=O)OC)OC(=O)CC(=O)CCCCC. The minimum absolute atomic E-state index is 0.0492. The fraction of sp³-hybridized carbons (Fsp3) is 0.750. The smallest absolute Gasteiger partial charge is 0.313 e. The molecule has 0 aliphatic carbocycles. The van der Waals surface area contributed by atoms with E-state index >= 15 is 0 Å². The highest BCUT2D eigenvalue weighted by Gasteiger charge is 2.14. The summed E-state index contributed by atoms with van der Waals surface area (Å²) in [7, 11) is 1.40. The first-order chi connectivity index (χ1) is 12.0. The van der Waals surface area contributed by atoms with E-state index in [1.54, 1.807) is 6.08 Å². The summed E-state index contributed by atoms with van der Waals surface area (Å²) in [5, 5.41) is 0. The topological polar surface area (TPSA) is 69.7 Å². The summed E-state index contributed by atoms with van der Waals surface area (Å²) in [4.78, 5) is 34.4. The van der Waals surface area contributed by atoms with Crippen LogP contribution in [0.4, 0.5) is 0 Å². The number of rotatable bonds is 16. The molecule has 0 N–H and O–H groups in total. The molecule has 1 atom stereocenters. The summed E-state index contributed by atoms with van der Waals surface area (Å²) in [6.45, 7) is 5.77. The maximum atomic E-state index is 11.8. The molecule has 5 nitrogen and oxygen atoms in total. The molecule has 0 amide bonds. The molecule has 5 heteroatoms. The molecule has 0 heterocycles. The number of carbonyl (C=O) groups is 3. The zero-order valence-corrected chi connectivity index (χ0v) is 15.9. The van der Waals surface area contributed by atoms with Gasteiger partial charge in [0, 0.05) is 12.8 Å². The first-order valence-corrected chi connectivity index (χ1v) is 9.44. The van der Waals surface area contributed by atoms with Crippen LogP contribution >= 0.6 is 0 Å². The summed E-state index contributed by atoms with van der Waals surface area (Å²) in [5.41, 5.74) is 0. The van der Waals surface area contributed by atoms with Crippen LogP contribution < -0.4 is 0 Å². The van der Waals surface area contributed by atoms with Gasteiger partial charge < -0.3 is 9.47 Å². The van der Waals surface area contributed by atoms with Crippen molar-refractivity contribution in [2.24, 2.45) is 0 Å². The van der Waals surface area contributed by atoms with Crippen LogP contribution in [0.15, 0.2) is 12.7 Å². The van der Waals surface area contributed by atoms with Crippen LogP contribution in [-0.4, -0.2) is 30.9 Å². The normalized spacial score (nSPS) is 11.6. The van der Waals surface area contributed by atoms with Gasteiger partial charge in [-0.3, -0.25) is 14.4 Å². The second-order valence-corrected chi connectivity index (χ2v) is 6.32. The van der Waals surface area contributed by atoms with Crippen molar-refractivity contribution in [1.82, 2.24) is 0 Å². The molecule has 0 aliphatic heterocycles. The third kappa shape index (κ3) is 14.4. The first-order valence-electron chi connectivity index (χ1n) is 9.44. The Morgan fingerprint density at radius 1 is 0.920 bits per heavy atom. The van der Waals surface area contributed by atoms with E-state index in [9.17, 15) is 14.4 Å². The van der Waals surface area contributed by atoms with Crippen LogP contribution in [0.2, 0.25) is 0 Å². The molecule has 1 unspecified atom stereocenters. The molecule has 0 aromatic rings. The van der Waals surface area contributed by atoms with E-state index in [0.717, 1.165) is 57.8 Å². The third-order valence-electron chi connectivity index (χ3n) is 4.04. The number of methoxy groups -OCH3 is 1. The van der Waals surface area contributed by atoms with Crippen LogP contribution in [0.3, 0.4) is 0 Å². The van der Waals surface area contributed by atoms with Crippen LogP contribution in [0.25, 0.3) is 0 Å². The van der Waals surface area contributed by atoms with Gasteiger partial charge >= 0.3 is 11.9 Å². The van der Waals surface area contributed by atoms with E-state index in [-0.39, 0.29) is 24.3 Å². The largest absolute Gasteiger partial charge is 0.469 e.